The summed E-state index contributed by atoms with van der Waals surface area (Å²) in [5.74, 6) is 0.722. The Hall–Kier alpha value is -1.91. The second-order valence-electron chi connectivity index (χ2n) is 4.12. The van der Waals surface area contributed by atoms with Gasteiger partial charge in [-0.3, -0.25) is 4.79 Å². The number of benzene rings is 1. The summed E-state index contributed by atoms with van der Waals surface area (Å²) in [7, 11) is 1.63. The zero-order chi connectivity index (χ0) is 14.2. The lowest BCUT2D eigenvalue weighted by molar-refractivity contribution is 0.104. The summed E-state index contributed by atoms with van der Waals surface area (Å²) >= 11 is 1.61. The molecule has 1 aromatic carbocycles. The van der Waals surface area contributed by atoms with E-state index in [1.165, 1.54) is 0 Å². The maximum atomic E-state index is 12.0. The van der Waals surface area contributed by atoms with E-state index in [-0.39, 0.29) is 5.78 Å². The lowest BCUT2D eigenvalue weighted by Crippen LogP contribution is -2.04. The van der Waals surface area contributed by atoms with Crippen LogP contribution in [-0.4, -0.2) is 26.1 Å². The van der Waals surface area contributed by atoms with E-state index in [0.717, 1.165) is 11.3 Å². The monoisotopic (exact) mass is 288 g/mol. The SMILES string of the molecule is COCCOc1ccc(C(=O)C=Cc2ccsc2)cc1. The average molecular weight is 288 g/mol. The maximum Gasteiger partial charge on any atom is 0.185 e. The second-order valence-corrected chi connectivity index (χ2v) is 4.90. The quantitative estimate of drug-likeness (QED) is 0.443. The summed E-state index contributed by atoms with van der Waals surface area (Å²) in [6.07, 6.45) is 3.41. The topological polar surface area (TPSA) is 35.5 Å². The zero-order valence-corrected chi connectivity index (χ0v) is 12.1. The van der Waals surface area contributed by atoms with E-state index in [1.807, 2.05) is 22.9 Å². The first-order valence-electron chi connectivity index (χ1n) is 6.26. The smallest absolute Gasteiger partial charge is 0.185 e. The summed E-state index contributed by atoms with van der Waals surface area (Å²) in [6, 6.07) is 9.09. The first kappa shape index (κ1) is 14.5. The van der Waals surface area contributed by atoms with Gasteiger partial charge in [-0.15, -0.1) is 0 Å². The van der Waals surface area contributed by atoms with Crippen LogP contribution < -0.4 is 4.74 Å². The van der Waals surface area contributed by atoms with Crippen molar-refractivity contribution in [1.29, 1.82) is 0 Å². The molecule has 2 rings (SSSR count). The molecule has 0 atom stereocenters. The fraction of sp³-hybridized carbons (Fsp3) is 0.188. The van der Waals surface area contributed by atoms with Crippen molar-refractivity contribution in [2.45, 2.75) is 0 Å². The molecule has 0 radical (unpaired) electrons. The summed E-state index contributed by atoms with van der Waals surface area (Å²) in [5, 5.41) is 3.98. The number of hydrogen-bond donors (Lipinski definition) is 0. The molecule has 104 valence electrons. The third-order valence-corrected chi connectivity index (χ3v) is 3.37. The minimum absolute atomic E-state index is 0.0142. The molecule has 3 nitrogen and oxygen atoms in total. The molecule has 0 amide bonds. The highest BCUT2D eigenvalue weighted by Gasteiger charge is 2.02. The van der Waals surface area contributed by atoms with Crippen molar-refractivity contribution in [2.24, 2.45) is 0 Å². The standard InChI is InChI=1S/C16H16O3S/c1-18-9-10-19-15-5-3-14(4-6-15)16(17)7-2-13-8-11-20-12-13/h2-8,11-12H,9-10H2,1H3. The molecule has 4 heteroatoms. The van der Waals surface area contributed by atoms with Crippen LogP contribution in [0.25, 0.3) is 6.08 Å². The van der Waals surface area contributed by atoms with Crippen LogP contribution in [0.2, 0.25) is 0 Å². The van der Waals surface area contributed by atoms with Gasteiger partial charge in [0.2, 0.25) is 0 Å². The van der Waals surface area contributed by atoms with Crippen LogP contribution in [0.15, 0.2) is 47.2 Å². The first-order valence-corrected chi connectivity index (χ1v) is 7.20. The van der Waals surface area contributed by atoms with E-state index in [4.69, 9.17) is 9.47 Å². The van der Waals surface area contributed by atoms with Gasteiger partial charge >= 0.3 is 0 Å². The van der Waals surface area contributed by atoms with E-state index in [0.29, 0.717) is 18.8 Å². The Morgan fingerprint density at radius 2 is 2.00 bits per heavy atom. The van der Waals surface area contributed by atoms with Gasteiger partial charge in [0.15, 0.2) is 5.78 Å². The molecule has 0 spiro atoms. The van der Waals surface area contributed by atoms with E-state index < -0.39 is 0 Å². The molecule has 0 aliphatic heterocycles. The van der Waals surface area contributed by atoms with Gasteiger partial charge in [-0.25, -0.2) is 0 Å². The zero-order valence-electron chi connectivity index (χ0n) is 11.2. The summed E-state index contributed by atoms with van der Waals surface area (Å²) in [6.45, 7) is 1.05. The molecular weight excluding hydrogens is 272 g/mol. The Kier molecular flexibility index (Phi) is 5.53. The van der Waals surface area contributed by atoms with E-state index in [9.17, 15) is 4.79 Å². The number of rotatable bonds is 7. The van der Waals surface area contributed by atoms with Gasteiger partial charge in [-0.05, 0) is 52.7 Å². The normalized spacial score (nSPS) is 10.8. The van der Waals surface area contributed by atoms with E-state index in [1.54, 1.807) is 48.8 Å². The molecule has 0 saturated heterocycles. The predicted octanol–water partition coefficient (Wildman–Crippen LogP) is 3.67. The number of allylic oxidation sites excluding steroid dienone is 1. The number of methoxy groups -OCH3 is 1. The number of hydrogen-bond acceptors (Lipinski definition) is 4. The molecule has 1 aromatic heterocycles. The lowest BCUT2D eigenvalue weighted by atomic mass is 10.1. The van der Waals surface area contributed by atoms with Crippen molar-refractivity contribution in [1.82, 2.24) is 0 Å². The Labute approximate surface area is 122 Å². The van der Waals surface area contributed by atoms with Gasteiger partial charge in [0.1, 0.15) is 12.4 Å². The van der Waals surface area contributed by atoms with Crippen LogP contribution in [0.1, 0.15) is 15.9 Å². The highest BCUT2D eigenvalue weighted by molar-refractivity contribution is 7.08. The summed E-state index contributed by atoms with van der Waals surface area (Å²) in [5.41, 5.74) is 1.69. The van der Waals surface area contributed by atoms with Crippen LogP contribution in [-0.2, 0) is 4.74 Å². The molecule has 20 heavy (non-hydrogen) atoms. The predicted molar refractivity (Wildman–Crippen MR) is 81.5 cm³/mol. The van der Waals surface area contributed by atoms with Crippen molar-refractivity contribution in [3.63, 3.8) is 0 Å². The van der Waals surface area contributed by atoms with Crippen LogP contribution in [0.3, 0.4) is 0 Å². The third-order valence-electron chi connectivity index (χ3n) is 2.67. The number of ether oxygens (including phenoxy) is 2. The van der Waals surface area contributed by atoms with Crippen LogP contribution in [0.4, 0.5) is 0 Å². The molecule has 0 aliphatic rings. The van der Waals surface area contributed by atoms with Crippen LogP contribution in [0.5, 0.6) is 5.75 Å². The minimum Gasteiger partial charge on any atom is -0.491 e. The molecule has 0 aliphatic carbocycles. The first-order chi connectivity index (χ1) is 9.79. The maximum absolute atomic E-state index is 12.0. The highest BCUT2D eigenvalue weighted by atomic mass is 32.1. The van der Waals surface area contributed by atoms with Gasteiger partial charge in [0.05, 0.1) is 6.61 Å². The number of ketones is 1. The van der Waals surface area contributed by atoms with Crippen LogP contribution in [0, 0.1) is 0 Å². The Bertz CT molecular complexity index is 556. The summed E-state index contributed by atoms with van der Waals surface area (Å²) < 4.78 is 10.4. The average Bonchev–Trinajstić information content (AvgIpc) is 2.99. The molecule has 0 fully saturated rings. The molecule has 0 unspecified atom stereocenters. The van der Waals surface area contributed by atoms with Crippen LogP contribution >= 0.6 is 11.3 Å². The van der Waals surface area contributed by atoms with Crippen molar-refractivity contribution < 1.29 is 14.3 Å². The van der Waals surface area contributed by atoms with Gasteiger partial charge in [0.25, 0.3) is 0 Å². The van der Waals surface area contributed by atoms with Crippen molar-refractivity contribution >= 4 is 23.2 Å². The third kappa shape index (κ3) is 4.33. The van der Waals surface area contributed by atoms with Gasteiger partial charge in [0, 0.05) is 12.7 Å². The Balaban J connectivity index is 1.93. The molecule has 1 heterocycles. The molecule has 0 bridgehead atoms. The van der Waals surface area contributed by atoms with Gasteiger partial charge in [-0.1, -0.05) is 6.08 Å². The fourth-order valence-electron chi connectivity index (χ4n) is 1.60. The molecule has 2 aromatic rings. The van der Waals surface area contributed by atoms with E-state index >= 15 is 0 Å². The fourth-order valence-corrected chi connectivity index (χ4v) is 2.22. The highest BCUT2D eigenvalue weighted by Crippen LogP contribution is 2.14. The number of carbonyl (C=O) groups is 1. The second kappa shape index (κ2) is 7.62. The lowest BCUT2D eigenvalue weighted by Gasteiger charge is -2.05. The van der Waals surface area contributed by atoms with Gasteiger partial charge < -0.3 is 9.47 Å². The molecule has 0 N–H and O–H groups in total. The summed E-state index contributed by atoms with van der Waals surface area (Å²) in [4.78, 5) is 12.0. The number of carbonyl (C=O) groups excluding carboxylic acids is 1. The largest absolute Gasteiger partial charge is 0.491 e. The Morgan fingerprint density at radius 3 is 2.65 bits per heavy atom. The number of thiophene rings is 1. The van der Waals surface area contributed by atoms with E-state index in [2.05, 4.69) is 0 Å². The molecule has 0 saturated carbocycles. The van der Waals surface area contributed by atoms with Gasteiger partial charge in [-0.2, -0.15) is 11.3 Å². The van der Waals surface area contributed by atoms with Crippen molar-refractivity contribution in [3.05, 3.63) is 58.3 Å². The Morgan fingerprint density at radius 1 is 1.20 bits per heavy atom. The van der Waals surface area contributed by atoms with Crippen molar-refractivity contribution in [2.75, 3.05) is 20.3 Å². The minimum atomic E-state index is -0.0142. The molecular formula is C16H16O3S. The van der Waals surface area contributed by atoms with Crippen molar-refractivity contribution in [3.8, 4) is 5.75 Å².